The Balaban J connectivity index is 2.04. The Morgan fingerprint density at radius 2 is 1.69 bits per heavy atom. The minimum absolute atomic E-state index is 0.0193. The number of hydrogen-bond donors (Lipinski definition) is 4. The fraction of sp³-hybridized carbons (Fsp3) is 0.476. The molecule has 0 amide bonds. The third-order valence-electron chi connectivity index (χ3n) is 4.99. The summed E-state index contributed by atoms with van der Waals surface area (Å²) in [7, 11) is 0. The van der Waals surface area contributed by atoms with Crippen LogP contribution in [0.3, 0.4) is 0 Å². The summed E-state index contributed by atoms with van der Waals surface area (Å²) in [4.78, 5) is 13.8. The van der Waals surface area contributed by atoms with Crippen LogP contribution in [0.25, 0.3) is 11.2 Å². The first-order chi connectivity index (χ1) is 13.9. The molecule has 0 radical (unpaired) electrons. The Labute approximate surface area is 171 Å². The highest BCUT2D eigenvalue weighted by Gasteiger charge is 2.20. The molecule has 0 aliphatic carbocycles. The number of benzene rings is 1. The molecule has 2 heterocycles. The molecule has 0 aliphatic heterocycles. The van der Waals surface area contributed by atoms with Gasteiger partial charge in [-0.2, -0.15) is 9.97 Å². The van der Waals surface area contributed by atoms with Crippen LogP contribution in [-0.2, 0) is 0 Å². The van der Waals surface area contributed by atoms with Crippen molar-refractivity contribution < 1.29 is 10.2 Å². The monoisotopic (exact) mass is 398 g/mol. The normalized spacial score (nSPS) is 13.8. The summed E-state index contributed by atoms with van der Waals surface area (Å²) in [5, 5.41) is 26.2. The van der Waals surface area contributed by atoms with Crippen LogP contribution in [0, 0.1) is 5.92 Å². The summed E-state index contributed by atoms with van der Waals surface area (Å²) >= 11 is 0. The second-order valence-corrected chi connectivity index (χ2v) is 7.78. The molecule has 4 N–H and O–H groups in total. The molecule has 2 atom stereocenters. The van der Waals surface area contributed by atoms with Crippen molar-refractivity contribution >= 4 is 22.9 Å². The third-order valence-corrected chi connectivity index (χ3v) is 4.99. The minimum atomic E-state index is -0.329. The van der Waals surface area contributed by atoms with E-state index in [-0.39, 0.29) is 37.3 Å². The van der Waals surface area contributed by atoms with E-state index in [1.54, 1.807) is 6.33 Å². The van der Waals surface area contributed by atoms with Crippen molar-refractivity contribution in [1.82, 2.24) is 19.5 Å². The lowest BCUT2D eigenvalue weighted by Crippen LogP contribution is -2.30. The first kappa shape index (κ1) is 21.0. The first-order valence-electron chi connectivity index (χ1n) is 9.98. The predicted octanol–water partition coefficient (Wildman–Crippen LogP) is 2.98. The molecule has 1 aromatic carbocycles. The number of anilines is 2. The van der Waals surface area contributed by atoms with E-state index in [9.17, 15) is 10.2 Å². The average Bonchev–Trinajstić information content (AvgIpc) is 3.15. The fourth-order valence-corrected chi connectivity index (χ4v) is 3.13. The molecule has 3 rings (SSSR count). The zero-order valence-corrected chi connectivity index (χ0v) is 17.4. The number of imidazole rings is 1. The molecule has 1 unspecified atom stereocenters. The minimum Gasteiger partial charge on any atom is -0.394 e. The molecule has 8 heteroatoms. The van der Waals surface area contributed by atoms with Crippen LogP contribution < -0.4 is 10.6 Å². The third kappa shape index (κ3) is 4.65. The van der Waals surface area contributed by atoms with Crippen molar-refractivity contribution in [1.29, 1.82) is 0 Å². The van der Waals surface area contributed by atoms with Crippen molar-refractivity contribution in [3.8, 4) is 0 Å². The van der Waals surface area contributed by atoms with Gasteiger partial charge in [-0.05, 0) is 25.3 Å². The van der Waals surface area contributed by atoms with Gasteiger partial charge in [-0.3, -0.25) is 0 Å². The molecule has 0 saturated carbocycles. The molecule has 0 fully saturated rings. The first-order valence-corrected chi connectivity index (χ1v) is 9.98. The van der Waals surface area contributed by atoms with E-state index in [0.717, 1.165) is 5.56 Å². The Hall–Kier alpha value is -2.71. The Bertz CT molecular complexity index is 926. The number of aliphatic hydroxyl groups is 2. The largest absolute Gasteiger partial charge is 0.394 e. The highest BCUT2D eigenvalue weighted by molar-refractivity contribution is 5.84. The molecule has 0 saturated heterocycles. The smallest absolute Gasteiger partial charge is 0.227 e. The number of aromatic nitrogens is 4. The summed E-state index contributed by atoms with van der Waals surface area (Å²) in [5.41, 5.74) is 2.30. The molecule has 29 heavy (non-hydrogen) atoms. The number of nitrogens with one attached hydrogen (secondary N) is 2. The fourth-order valence-electron chi connectivity index (χ4n) is 3.13. The van der Waals surface area contributed by atoms with Gasteiger partial charge in [-0.25, -0.2) is 4.98 Å². The summed E-state index contributed by atoms with van der Waals surface area (Å²) in [6.07, 6.45) is 1.75. The van der Waals surface area contributed by atoms with Gasteiger partial charge in [0, 0.05) is 6.04 Å². The Morgan fingerprint density at radius 1 is 0.966 bits per heavy atom. The summed E-state index contributed by atoms with van der Waals surface area (Å²) in [6.45, 7) is 8.08. The summed E-state index contributed by atoms with van der Waals surface area (Å²) in [6, 6.07) is 9.40. The molecule has 0 spiro atoms. The average molecular weight is 399 g/mol. The van der Waals surface area contributed by atoms with Gasteiger partial charge in [0.05, 0.1) is 31.6 Å². The van der Waals surface area contributed by atoms with Gasteiger partial charge in [0.1, 0.15) is 0 Å². The molecule has 3 aromatic rings. The van der Waals surface area contributed by atoms with Crippen molar-refractivity contribution in [2.75, 3.05) is 23.8 Å². The maximum absolute atomic E-state index is 9.95. The van der Waals surface area contributed by atoms with Crippen molar-refractivity contribution in [2.45, 2.75) is 45.8 Å². The zero-order valence-electron chi connectivity index (χ0n) is 17.4. The number of nitrogens with zero attached hydrogens (tertiary/aromatic N) is 4. The Morgan fingerprint density at radius 3 is 2.28 bits per heavy atom. The number of hydrogen-bond acceptors (Lipinski definition) is 7. The highest BCUT2D eigenvalue weighted by Crippen LogP contribution is 2.27. The lowest BCUT2D eigenvalue weighted by atomic mass is 10.1. The quantitative estimate of drug-likeness (QED) is 0.439. The number of aliphatic hydroxyl groups excluding tert-OH is 2. The maximum atomic E-state index is 9.95. The van der Waals surface area contributed by atoms with Gasteiger partial charge in [-0.15, -0.1) is 0 Å². The van der Waals surface area contributed by atoms with Crippen LogP contribution in [0.15, 0.2) is 36.7 Å². The van der Waals surface area contributed by atoms with E-state index in [1.807, 2.05) is 48.7 Å². The lowest BCUT2D eigenvalue weighted by molar-refractivity contribution is 0.248. The zero-order chi connectivity index (χ0) is 21.0. The van der Waals surface area contributed by atoms with Crippen LogP contribution in [0.1, 0.15) is 45.3 Å². The van der Waals surface area contributed by atoms with E-state index in [1.165, 1.54) is 0 Å². The highest BCUT2D eigenvalue weighted by atomic mass is 16.3. The van der Waals surface area contributed by atoms with Crippen LogP contribution in [0.5, 0.6) is 0 Å². The predicted molar refractivity (Wildman–Crippen MR) is 115 cm³/mol. The summed E-state index contributed by atoms with van der Waals surface area (Å²) < 4.78 is 1.98. The molecule has 156 valence electrons. The van der Waals surface area contributed by atoms with Crippen LogP contribution >= 0.6 is 0 Å². The number of rotatable bonds is 9. The van der Waals surface area contributed by atoms with Gasteiger partial charge < -0.3 is 25.4 Å². The van der Waals surface area contributed by atoms with Gasteiger partial charge >= 0.3 is 0 Å². The van der Waals surface area contributed by atoms with Gasteiger partial charge in [0.15, 0.2) is 17.0 Å². The standard InChI is InChI=1S/C21H30N6O2/c1-13(2)16(10-28)24-21-25-19(18-20(26-21)27(12-22-18)14(3)4)23-17(11-29)15-8-6-5-7-9-15/h5-9,12-14,16-17,28-29H,10-11H2,1-4H3,(H2,23,24,25,26)/t16?,17-/m0/s1. The lowest BCUT2D eigenvalue weighted by Gasteiger charge is -2.22. The van der Waals surface area contributed by atoms with Crippen LogP contribution in [0.4, 0.5) is 11.8 Å². The summed E-state index contributed by atoms with van der Waals surface area (Å²) in [5.74, 6) is 1.17. The topological polar surface area (TPSA) is 108 Å². The Kier molecular flexibility index (Phi) is 6.66. The maximum Gasteiger partial charge on any atom is 0.227 e. The molecular formula is C21H30N6O2. The van der Waals surface area contributed by atoms with E-state index < -0.39 is 0 Å². The van der Waals surface area contributed by atoms with Crippen molar-refractivity contribution in [3.63, 3.8) is 0 Å². The van der Waals surface area contributed by atoms with Crippen LogP contribution in [-0.4, -0.2) is 49.0 Å². The second kappa shape index (κ2) is 9.19. The molecule has 0 bridgehead atoms. The SMILES string of the molecule is CC(C)C(CO)Nc1nc(N[C@@H](CO)c2ccccc2)c2ncn(C(C)C)c2n1. The van der Waals surface area contributed by atoms with Gasteiger partial charge in [-0.1, -0.05) is 44.2 Å². The van der Waals surface area contributed by atoms with E-state index in [0.29, 0.717) is 22.9 Å². The van der Waals surface area contributed by atoms with E-state index in [2.05, 4.69) is 39.4 Å². The van der Waals surface area contributed by atoms with Crippen molar-refractivity contribution in [3.05, 3.63) is 42.2 Å². The van der Waals surface area contributed by atoms with Crippen LogP contribution in [0.2, 0.25) is 0 Å². The molecule has 0 aliphatic rings. The van der Waals surface area contributed by atoms with Gasteiger partial charge in [0.2, 0.25) is 5.95 Å². The number of fused-ring (bicyclic) bond motifs is 1. The van der Waals surface area contributed by atoms with Crippen molar-refractivity contribution in [2.24, 2.45) is 5.92 Å². The second-order valence-electron chi connectivity index (χ2n) is 7.78. The molecule has 8 nitrogen and oxygen atoms in total. The van der Waals surface area contributed by atoms with E-state index >= 15 is 0 Å². The van der Waals surface area contributed by atoms with Gasteiger partial charge in [0.25, 0.3) is 0 Å². The molecule has 2 aromatic heterocycles. The van der Waals surface area contributed by atoms with E-state index in [4.69, 9.17) is 0 Å². The molecular weight excluding hydrogens is 368 g/mol.